The Morgan fingerprint density at radius 1 is 1.38 bits per heavy atom. The van der Waals surface area contributed by atoms with Gasteiger partial charge in [0.2, 0.25) is 5.78 Å². The molecular formula is C14H12ClNO4S. The van der Waals surface area contributed by atoms with Crippen molar-refractivity contribution >= 4 is 34.4 Å². The first-order chi connectivity index (χ1) is 9.88. The molecule has 0 saturated carbocycles. The monoisotopic (exact) mass is 325 g/mol. The molecule has 0 aliphatic rings. The predicted octanol–water partition coefficient (Wildman–Crippen LogP) is 4.19. The normalized spacial score (nSPS) is 10.4. The summed E-state index contributed by atoms with van der Waals surface area (Å²) in [7, 11) is 0. The van der Waals surface area contributed by atoms with E-state index in [9.17, 15) is 14.9 Å². The number of hydrogen-bond donors (Lipinski definition) is 0. The molecule has 0 N–H and O–H groups in total. The molecule has 1 aromatic carbocycles. The lowest BCUT2D eigenvalue weighted by Gasteiger charge is -2.06. The second-order valence-electron chi connectivity index (χ2n) is 4.41. The number of carbonyl (C=O) groups excluding carboxylic acids is 1. The first-order valence-electron chi connectivity index (χ1n) is 6.05. The van der Waals surface area contributed by atoms with Crippen molar-refractivity contribution in [1.29, 1.82) is 0 Å². The molecule has 0 fully saturated rings. The Morgan fingerprint density at radius 3 is 2.62 bits per heavy atom. The van der Waals surface area contributed by atoms with Gasteiger partial charge in [-0.1, -0.05) is 11.6 Å². The number of nitro groups is 1. The van der Waals surface area contributed by atoms with Crippen LogP contribution in [0, 0.1) is 24.0 Å². The molecule has 110 valence electrons. The van der Waals surface area contributed by atoms with Gasteiger partial charge in [0.25, 0.3) is 5.69 Å². The second kappa shape index (κ2) is 6.24. The van der Waals surface area contributed by atoms with Crippen LogP contribution < -0.4 is 4.74 Å². The van der Waals surface area contributed by atoms with Crippen molar-refractivity contribution in [3.8, 4) is 5.75 Å². The predicted molar refractivity (Wildman–Crippen MR) is 81.7 cm³/mol. The van der Waals surface area contributed by atoms with Crippen LogP contribution in [0.3, 0.4) is 0 Å². The Morgan fingerprint density at radius 2 is 2.10 bits per heavy atom. The van der Waals surface area contributed by atoms with Crippen molar-refractivity contribution in [3.05, 3.63) is 54.7 Å². The van der Waals surface area contributed by atoms with Gasteiger partial charge in [-0.05, 0) is 26.0 Å². The van der Waals surface area contributed by atoms with Crippen molar-refractivity contribution in [2.75, 3.05) is 6.61 Å². The van der Waals surface area contributed by atoms with Crippen molar-refractivity contribution < 1.29 is 14.5 Å². The summed E-state index contributed by atoms with van der Waals surface area (Å²) in [4.78, 5) is 24.1. The van der Waals surface area contributed by atoms with Gasteiger partial charge in [-0.2, -0.15) is 0 Å². The number of nitro benzene ring substituents is 1. The van der Waals surface area contributed by atoms with E-state index in [4.69, 9.17) is 16.3 Å². The first-order valence-corrected chi connectivity index (χ1v) is 7.25. The van der Waals surface area contributed by atoms with Crippen LogP contribution in [0.4, 0.5) is 5.69 Å². The van der Waals surface area contributed by atoms with Crippen LogP contribution in [0.1, 0.15) is 20.1 Å². The Labute approximate surface area is 130 Å². The lowest BCUT2D eigenvalue weighted by molar-refractivity contribution is -0.384. The third-order valence-electron chi connectivity index (χ3n) is 2.83. The average Bonchev–Trinajstić information content (AvgIpc) is 2.74. The number of aryl methyl sites for hydroxylation is 2. The second-order valence-corrected chi connectivity index (χ2v) is 6.28. The van der Waals surface area contributed by atoms with Crippen molar-refractivity contribution in [2.24, 2.45) is 0 Å². The van der Waals surface area contributed by atoms with E-state index in [2.05, 4.69) is 0 Å². The smallest absolute Gasteiger partial charge is 0.288 e. The van der Waals surface area contributed by atoms with Gasteiger partial charge in [-0.15, -0.1) is 11.3 Å². The van der Waals surface area contributed by atoms with Crippen LogP contribution in [0.2, 0.25) is 5.02 Å². The van der Waals surface area contributed by atoms with E-state index in [1.54, 1.807) is 11.3 Å². The van der Waals surface area contributed by atoms with Gasteiger partial charge in [0.1, 0.15) is 10.8 Å². The van der Waals surface area contributed by atoms with Gasteiger partial charge in [0.15, 0.2) is 6.61 Å². The fraction of sp³-hybridized carbons (Fsp3) is 0.214. The molecule has 7 heteroatoms. The summed E-state index contributed by atoms with van der Waals surface area (Å²) in [6, 6.07) is 5.83. The summed E-state index contributed by atoms with van der Waals surface area (Å²) in [6.07, 6.45) is 0. The van der Waals surface area contributed by atoms with Gasteiger partial charge in [0, 0.05) is 27.5 Å². The van der Waals surface area contributed by atoms with Gasteiger partial charge < -0.3 is 4.74 Å². The fourth-order valence-electron chi connectivity index (χ4n) is 1.86. The number of thiophene rings is 1. The van der Waals surface area contributed by atoms with Crippen LogP contribution in [0.5, 0.6) is 5.75 Å². The molecule has 0 amide bonds. The van der Waals surface area contributed by atoms with E-state index in [-0.39, 0.29) is 23.1 Å². The lowest BCUT2D eigenvalue weighted by Crippen LogP contribution is -2.11. The molecule has 0 spiro atoms. The first kappa shape index (κ1) is 15.5. The maximum Gasteiger partial charge on any atom is 0.288 e. The van der Waals surface area contributed by atoms with Crippen LogP contribution in [0.15, 0.2) is 24.3 Å². The topological polar surface area (TPSA) is 69.4 Å². The van der Waals surface area contributed by atoms with Crippen LogP contribution in [-0.4, -0.2) is 17.3 Å². The van der Waals surface area contributed by atoms with E-state index < -0.39 is 4.92 Å². The van der Waals surface area contributed by atoms with Gasteiger partial charge in [-0.3, -0.25) is 14.9 Å². The van der Waals surface area contributed by atoms with Crippen molar-refractivity contribution in [3.63, 3.8) is 0 Å². The Kier molecular flexibility index (Phi) is 4.59. The summed E-state index contributed by atoms with van der Waals surface area (Å²) in [5.74, 6) is 0.190. The number of rotatable bonds is 5. The van der Waals surface area contributed by atoms with E-state index in [1.807, 2.05) is 19.9 Å². The number of Topliss-reactive ketones (excluding diaryl/α,β-unsaturated/α-hetero) is 1. The van der Waals surface area contributed by atoms with E-state index in [1.165, 1.54) is 18.2 Å². The Hall–Kier alpha value is -1.92. The molecule has 0 aliphatic heterocycles. The zero-order valence-electron chi connectivity index (χ0n) is 11.4. The number of nitrogens with zero attached hydrogens (tertiary/aromatic N) is 1. The summed E-state index contributed by atoms with van der Waals surface area (Å²) in [6.45, 7) is 3.68. The Bertz CT molecular complexity index is 711. The summed E-state index contributed by atoms with van der Waals surface area (Å²) >= 11 is 7.33. The fourth-order valence-corrected chi connectivity index (χ4v) is 3.04. The molecule has 1 heterocycles. The van der Waals surface area contributed by atoms with Gasteiger partial charge in [0.05, 0.1) is 4.92 Å². The standard InChI is InChI=1S/C14H12ClNO4S/c1-8-5-11(9(2)21-8)14(17)7-20-10-3-4-13(16(18)19)12(15)6-10/h3-6H,7H2,1-2H3. The molecule has 0 aliphatic carbocycles. The molecule has 0 saturated heterocycles. The van der Waals surface area contributed by atoms with Crippen LogP contribution in [-0.2, 0) is 0 Å². The Balaban J connectivity index is 2.06. The van der Waals surface area contributed by atoms with E-state index in [0.29, 0.717) is 11.3 Å². The van der Waals surface area contributed by atoms with Gasteiger partial charge >= 0.3 is 0 Å². The largest absolute Gasteiger partial charge is 0.485 e. The minimum Gasteiger partial charge on any atom is -0.485 e. The minimum absolute atomic E-state index is 0.0208. The maximum atomic E-state index is 12.1. The van der Waals surface area contributed by atoms with E-state index in [0.717, 1.165) is 9.75 Å². The van der Waals surface area contributed by atoms with Gasteiger partial charge in [-0.25, -0.2) is 0 Å². The molecular weight excluding hydrogens is 314 g/mol. The third-order valence-corrected chi connectivity index (χ3v) is 4.10. The molecule has 5 nitrogen and oxygen atoms in total. The van der Waals surface area contributed by atoms with Crippen molar-refractivity contribution in [1.82, 2.24) is 0 Å². The number of ether oxygens (including phenoxy) is 1. The highest BCUT2D eigenvalue weighted by Crippen LogP contribution is 2.28. The molecule has 0 atom stereocenters. The molecule has 0 bridgehead atoms. The number of carbonyl (C=O) groups is 1. The van der Waals surface area contributed by atoms with Crippen LogP contribution >= 0.6 is 22.9 Å². The highest BCUT2D eigenvalue weighted by molar-refractivity contribution is 7.12. The third kappa shape index (κ3) is 3.59. The summed E-state index contributed by atoms with van der Waals surface area (Å²) in [5, 5.41) is 10.6. The van der Waals surface area contributed by atoms with E-state index >= 15 is 0 Å². The zero-order valence-corrected chi connectivity index (χ0v) is 13.0. The SMILES string of the molecule is Cc1cc(C(=O)COc2ccc([N+](=O)[O-])c(Cl)c2)c(C)s1. The molecule has 0 radical (unpaired) electrons. The lowest BCUT2D eigenvalue weighted by atomic mass is 10.2. The molecule has 1 aromatic heterocycles. The maximum absolute atomic E-state index is 12.1. The highest BCUT2D eigenvalue weighted by atomic mass is 35.5. The summed E-state index contributed by atoms with van der Waals surface area (Å²) < 4.78 is 5.35. The number of halogens is 1. The summed E-state index contributed by atoms with van der Waals surface area (Å²) in [5.41, 5.74) is 0.449. The number of ketones is 1. The molecule has 2 aromatic rings. The van der Waals surface area contributed by atoms with Crippen LogP contribution in [0.25, 0.3) is 0 Å². The number of hydrogen-bond acceptors (Lipinski definition) is 5. The average molecular weight is 326 g/mol. The molecule has 0 unspecified atom stereocenters. The zero-order chi connectivity index (χ0) is 15.6. The molecule has 21 heavy (non-hydrogen) atoms. The quantitative estimate of drug-likeness (QED) is 0.469. The van der Waals surface area contributed by atoms with Crippen molar-refractivity contribution in [2.45, 2.75) is 13.8 Å². The minimum atomic E-state index is -0.575. The highest BCUT2D eigenvalue weighted by Gasteiger charge is 2.15. The molecule has 2 rings (SSSR count). The number of benzene rings is 1.